The third kappa shape index (κ3) is 11.0. The Balaban J connectivity index is 1.53. The summed E-state index contributed by atoms with van der Waals surface area (Å²) in [5, 5.41) is 44.2. The van der Waals surface area contributed by atoms with Crippen LogP contribution in [0.2, 0.25) is 5.15 Å². The van der Waals surface area contributed by atoms with Crippen molar-refractivity contribution in [2.45, 2.75) is 64.5 Å². The average molecular weight is 712 g/mol. The summed E-state index contributed by atoms with van der Waals surface area (Å²) in [4.78, 5) is 36.0. The molecule has 4 aromatic rings. The number of esters is 1. The minimum atomic E-state index is -1.03. The lowest BCUT2D eigenvalue weighted by Gasteiger charge is -2.19. The number of rotatable bonds is 20. The molecular weight excluding hydrogens is 670 g/mol. The molecule has 0 radical (unpaired) electrons. The first-order chi connectivity index (χ1) is 24.2. The van der Waals surface area contributed by atoms with Crippen molar-refractivity contribution in [1.29, 1.82) is 5.41 Å². The monoisotopic (exact) mass is 711 g/mol. The molecule has 0 saturated carbocycles. The first-order valence-corrected chi connectivity index (χ1v) is 16.6. The molecule has 0 saturated heterocycles. The SMILES string of the molecule is CCCCc1nc(Cl)c(C(=O)N[C@@H](CCCNC(=N)N)C(=O)OCCCCON(O)O)n1Cc1ccc(-c2ccccc2-c2nn[nH]n2)cc1. The molecule has 18 heteroatoms. The Morgan fingerprint density at radius 3 is 2.50 bits per heavy atom. The van der Waals surface area contributed by atoms with Crippen molar-refractivity contribution in [2.75, 3.05) is 19.8 Å². The van der Waals surface area contributed by atoms with E-state index < -0.39 is 17.9 Å². The topological polar surface area (TPSA) is 243 Å². The van der Waals surface area contributed by atoms with Gasteiger partial charge in [-0.3, -0.25) is 25.5 Å². The summed E-state index contributed by atoms with van der Waals surface area (Å²) in [6.07, 6.45) is 3.69. The van der Waals surface area contributed by atoms with Gasteiger partial charge in [0.05, 0.1) is 18.6 Å². The van der Waals surface area contributed by atoms with Crippen LogP contribution in [0, 0.1) is 5.41 Å². The molecule has 0 aliphatic rings. The largest absolute Gasteiger partial charge is 0.464 e. The number of hydrogen-bond donors (Lipinski definition) is 7. The van der Waals surface area contributed by atoms with Crippen LogP contribution < -0.4 is 16.4 Å². The highest BCUT2D eigenvalue weighted by atomic mass is 35.5. The molecule has 0 unspecified atom stereocenters. The Bertz CT molecular complexity index is 1680. The van der Waals surface area contributed by atoms with Crippen molar-refractivity contribution in [3.05, 3.63) is 70.8 Å². The molecule has 17 nitrogen and oxygen atoms in total. The number of nitrogens with one attached hydrogen (secondary N) is 4. The van der Waals surface area contributed by atoms with Gasteiger partial charge >= 0.3 is 5.97 Å². The predicted molar refractivity (Wildman–Crippen MR) is 182 cm³/mol. The first kappa shape index (κ1) is 37.9. The lowest BCUT2D eigenvalue weighted by Crippen LogP contribution is -2.43. The van der Waals surface area contributed by atoms with E-state index in [9.17, 15) is 9.59 Å². The number of aromatic amines is 1. The van der Waals surface area contributed by atoms with Crippen LogP contribution in [0.15, 0.2) is 48.5 Å². The molecule has 1 atom stereocenters. The maximum atomic E-state index is 13.9. The molecule has 1 amide bonds. The smallest absolute Gasteiger partial charge is 0.328 e. The Morgan fingerprint density at radius 2 is 1.82 bits per heavy atom. The number of nitrogens with zero attached hydrogens (tertiary/aromatic N) is 6. The van der Waals surface area contributed by atoms with Crippen molar-refractivity contribution >= 4 is 29.4 Å². The number of carbonyl (C=O) groups is 2. The zero-order valence-electron chi connectivity index (χ0n) is 27.6. The summed E-state index contributed by atoms with van der Waals surface area (Å²) in [7, 11) is 0. The van der Waals surface area contributed by atoms with Crippen molar-refractivity contribution < 1.29 is 29.6 Å². The van der Waals surface area contributed by atoms with Crippen molar-refractivity contribution in [2.24, 2.45) is 5.73 Å². The molecule has 2 aromatic carbocycles. The molecular formula is C32H42ClN11O6. The second kappa shape index (κ2) is 19.3. The second-order valence-corrected chi connectivity index (χ2v) is 11.7. The molecule has 0 bridgehead atoms. The number of unbranched alkanes of at least 4 members (excludes halogenated alkanes) is 2. The molecule has 0 fully saturated rings. The number of carbonyl (C=O) groups excluding carboxylic acids is 2. The Morgan fingerprint density at radius 1 is 1.08 bits per heavy atom. The fourth-order valence-electron chi connectivity index (χ4n) is 5.19. The highest BCUT2D eigenvalue weighted by Crippen LogP contribution is 2.30. The van der Waals surface area contributed by atoms with Crippen LogP contribution in [0.3, 0.4) is 0 Å². The first-order valence-electron chi connectivity index (χ1n) is 16.2. The fourth-order valence-corrected chi connectivity index (χ4v) is 5.47. The van der Waals surface area contributed by atoms with Crippen LogP contribution in [0.5, 0.6) is 0 Å². The number of amides is 1. The van der Waals surface area contributed by atoms with Crippen LogP contribution >= 0.6 is 11.6 Å². The van der Waals surface area contributed by atoms with E-state index in [1.165, 1.54) is 0 Å². The Labute approximate surface area is 293 Å². The number of nitrogens with two attached hydrogens (primary N) is 1. The van der Waals surface area contributed by atoms with Gasteiger partial charge in [0.25, 0.3) is 5.91 Å². The normalized spacial score (nSPS) is 11.8. The van der Waals surface area contributed by atoms with Crippen molar-refractivity contribution in [1.82, 2.24) is 46.2 Å². The highest BCUT2D eigenvalue weighted by molar-refractivity contribution is 6.32. The van der Waals surface area contributed by atoms with Crippen molar-refractivity contribution in [3.63, 3.8) is 0 Å². The zero-order chi connectivity index (χ0) is 35.9. The number of hydrogen-bond acceptors (Lipinski definition) is 12. The Kier molecular flexibility index (Phi) is 14.6. The number of imidazole rings is 1. The number of aromatic nitrogens is 6. The van der Waals surface area contributed by atoms with E-state index in [0.717, 1.165) is 35.1 Å². The molecule has 2 aromatic heterocycles. The van der Waals surface area contributed by atoms with Gasteiger partial charge < -0.3 is 25.7 Å². The minimum absolute atomic E-state index is 0.000559. The number of ether oxygens (including phenoxy) is 1. The van der Waals surface area contributed by atoms with Crippen LogP contribution in [-0.2, 0) is 27.3 Å². The number of aryl methyl sites for hydroxylation is 1. The number of tetrazole rings is 1. The molecule has 0 aliphatic carbocycles. The number of H-pyrrole nitrogens is 1. The Hall–Kier alpha value is -4.94. The molecule has 2 heterocycles. The van der Waals surface area contributed by atoms with Crippen LogP contribution in [0.25, 0.3) is 22.5 Å². The molecule has 268 valence electrons. The van der Waals surface area contributed by atoms with Gasteiger partial charge in [0.15, 0.2) is 11.1 Å². The van der Waals surface area contributed by atoms with Gasteiger partial charge in [0.2, 0.25) is 5.82 Å². The zero-order valence-corrected chi connectivity index (χ0v) is 28.4. The molecule has 8 N–H and O–H groups in total. The van der Waals surface area contributed by atoms with Gasteiger partial charge in [-0.1, -0.05) is 73.5 Å². The van der Waals surface area contributed by atoms with E-state index in [0.29, 0.717) is 50.4 Å². The maximum absolute atomic E-state index is 13.9. The van der Waals surface area contributed by atoms with Crippen LogP contribution in [0.4, 0.5) is 0 Å². The third-order valence-electron chi connectivity index (χ3n) is 7.66. The average Bonchev–Trinajstić information content (AvgIpc) is 3.74. The fraction of sp³-hybridized carbons (Fsp3) is 0.406. The molecule has 4 rings (SSSR count). The lowest BCUT2D eigenvalue weighted by molar-refractivity contribution is -0.492. The van der Waals surface area contributed by atoms with Gasteiger partial charge in [-0.2, -0.15) is 5.21 Å². The third-order valence-corrected chi connectivity index (χ3v) is 7.92. The van der Waals surface area contributed by atoms with Gasteiger partial charge in [-0.05, 0) is 54.0 Å². The van der Waals surface area contributed by atoms with Gasteiger partial charge in [-0.15, -0.1) is 10.2 Å². The van der Waals surface area contributed by atoms with Crippen molar-refractivity contribution in [3.8, 4) is 22.5 Å². The van der Waals surface area contributed by atoms with E-state index in [4.69, 9.17) is 37.9 Å². The summed E-state index contributed by atoms with van der Waals surface area (Å²) < 4.78 is 7.20. The molecule has 50 heavy (non-hydrogen) atoms. The van der Waals surface area contributed by atoms with E-state index in [1.807, 2.05) is 48.5 Å². The predicted octanol–water partition coefficient (Wildman–Crippen LogP) is 3.47. The van der Waals surface area contributed by atoms with E-state index in [2.05, 4.69) is 48.0 Å². The van der Waals surface area contributed by atoms with Crippen LogP contribution in [0.1, 0.15) is 67.3 Å². The van der Waals surface area contributed by atoms with Gasteiger partial charge in [-0.25, -0.2) is 9.78 Å². The maximum Gasteiger partial charge on any atom is 0.328 e. The molecule has 0 aliphatic heterocycles. The van der Waals surface area contributed by atoms with E-state index in [1.54, 1.807) is 4.57 Å². The standard InChI is InChI=1S/C32H42ClN11O6/c1-2-3-12-26-38-28(33)27(30(45)37-25(11-8-17-36-32(34)35)31(46)49-18-6-7-19-50-44(47)48)43(26)20-21-13-15-22(16-14-21)23-9-4-5-10-24(23)29-39-41-42-40-29/h4-5,9-10,13-16,25,47-48H,2-3,6-8,11-12,17-20H2,1H3,(H,37,45)(H4,34,35,36)(H,39,40,41,42)/t25-/m0/s1. The molecule has 0 spiro atoms. The number of halogens is 1. The summed E-state index contributed by atoms with van der Waals surface area (Å²) in [5.41, 5.74) is 9.11. The summed E-state index contributed by atoms with van der Waals surface area (Å²) in [5.74, 6) is -0.322. The number of benzene rings is 2. The summed E-state index contributed by atoms with van der Waals surface area (Å²) in [6.45, 7) is 2.69. The second-order valence-electron chi connectivity index (χ2n) is 11.3. The summed E-state index contributed by atoms with van der Waals surface area (Å²) in [6, 6.07) is 14.6. The minimum Gasteiger partial charge on any atom is -0.464 e. The van der Waals surface area contributed by atoms with E-state index in [-0.39, 0.29) is 41.8 Å². The summed E-state index contributed by atoms with van der Waals surface area (Å²) >= 11 is 6.61. The van der Waals surface area contributed by atoms with Gasteiger partial charge in [0, 0.05) is 25.1 Å². The van der Waals surface area contributed by atoms with E-state index >= 15 is 0 Å². The number of guanidine groups is 1. The van der Waals surface area contributed by atoms with Gasteiger partial charge in [0.1, 0.15) is 17.6 Å². The van der Waals surface area contributed by atoms with Crippen LogP contribution in [-0.4, -0.2) is 89.6 Å². The lowest BCUT2D eigenvalue weighted by atomic mass is 9.98. The highest BCUT2D eigenvalue weighted by Gasteiger charge is 2.28. The quantitative estimate of drug-likeness (QED) is 0.0229.